The monoisotopic (exact) mass is 1020 g/mol. The van der Waals surface area contributed by atoms with Gasteiger partial charge in [0.2, 0.25) is 5.91 Å². The lowest BCUT2D eigenvalue weighted by Crippen LogP contribution is -2.60. The van der Waals surface area contributed by atoms with Crippen molar-refractivity contribution < 1.29 is 39.8 Å². The summed E-state index contributed by atoms with van der Waals surface area (Å²) >= 11 is 0. The minimum atomic E-state index is -1.56. The van der Waals surface area contributed by atoms with Gasteiger partial charge in [0.15, 0.2) is 6.29 Å². The van der Waals surface area contributed by atoms with Gasteiger partial charge < -0.3 is 40.3 Å². The number of amides is 1. The van der Waals surface area contributed by atoms with E-state index in [1.165, 1.54) is 238 Å². The van der Waals surface area contributed by atoms with Crippen molar-refractivity contribution in [2.75, 3.05) is 13.2 Å². The Morgan fingerprint density at radius 1 is 0.472 bits per heavy atom. The van der Waals surface area contributed by atoms with Gasteiger partial charge in [-0.15, -0.1) is 0 Å². The number of rotatable bonds is 54. The quantitative estimate of drug-likeness (QED) is 0.0261. The molecule has 6 N–H and O–H groups in total. The van der Waals surface area contributed by atoms with Gasteiger partial charge in [-0.2, -0.15) is 0 Å². The number of allylic oxidation sites excluding steroid dienone is 5. The summed E-state index contributed by atoms with van der Waals surface area (Å²) in [5.74, 6) is -0.175. The van der Waals surface area contributed by atoms with Crippen LogP contribution in [0, 0.1) is 0 Å². The van der Waals surface area contributed by atoms with E-state index in [1.54, 1.807) is 6.08 Å². The van der Waals surface area contributed by atoms with Gasteiger partial charge in [-0.25, -0.2) is 0 Å². The van der Waals surface area contributed by atoms with Crippen molar-refractivity contribution in [3.8, 4) is 0 Å². The summed E-state index contributed by atoms with van der Waals surface area (Å²) in [7, 11) is 0. The van der Waals surface area contributed by atoms with Gasteiger partial charge >= 0.3 is 0 Å². The zero-order valence-electron chi connectivity index (χ0n) is 47.2. The average molecular weight is 1020 g/mol. The Hall–Kier alpha value is -1.59. The molecule has 9 heteroatoms. The molecule has 0 aromatic rings. The fourth-order valence-electron chi connectivity index (χ4n) is 10.0. The fraction of sp³-hybridized carbons (Fsp3) is 0.889. The predicted molar refractivity (Wildman–Crippen MR) is 304 cm³/mol. The van der Waals surface area contributed by atoms with E-state index in [9.17, 15) is 30.3 Å². The molecule has 1 amide bonds. The molecule has 1 rings (SSSR count). The molecule has 1 heterocycles. The van der Waals surface area contributed by atoms with Crippen molar-refractivity contribution in [3.63, 3.8) is 0 Å². The molecule has 9 nitrogen and oxygen atoms in total. The van der Waals surface area contributed by atoms with Gasteiger partial charge in [0.1, 0.15) is 24.4 Å². The molecule has 0 aromatic carbocycles. The first-order chi connectivity index (χ1) is 35.3. The molecule has 0 saturated carbocycles. The van der Waals surface area contributed by atoms with Crippen molar-refractivity contribution in [2.24, 2.45) is 0 Å². The minimum absolute atomic E-state index is 0.175. The second kappa shape index (κ2) is 52.8. The summed E-state index contributed by atoms with van der Waals surface area (Å²) in [4.78, 5) is 13.0. The van der Waals surface area contributed by atoms with Crippen LogP contribution in [-0.4, -0.2) is 87.5 Å². The van der Waals surface area contributed by atoms with Crippen LogP contribution in [0.3, 0.4) is 0 Å². The highest BCUT2D eigenvalue weighted by atomic mass is 16.7. The molecule has 0 bridgehead atoms. The molecule has 7 atom stereocenters. The first-order valence-electron chi connectivity index (χ1n) is 31.2. The lowest BCUT2D eigenvalue weighted by molar-refractivity contribution is -0.302. The highest BCUT2D eigenvalue weighted by molar-refractivity contribution is 5.76. The maximum Gasteiger partial charge on any atom is 0.220 e. The van der Waals surface area contributed by atoms with Crippen molar-refractivity contribution in [1.29, 1.82) is 0 Å². The molecule has 1 saturated heterocycles. The van der Waals surface area contributed by atoms with Crippen molar-refractivity contribution in [3.05, 3.63) is 36.5 Å². The molecular weight excluding hydrogens is 899 g/mol. The maximum atomic E-state index is 13.0. The highest BCUT2D eigenvalue weighted by Gasteiger charge is 2.44. The molecule has 1 aliphatic heterocycles. The van der Waals surface area contributed by atoms with E-state index in [-0.39, 0.29) is 12.5 Å². The number of aliphatic hydroxyl groups excluding tert-OH is 5. The number of aliphatic hydroxyl groups is 5. The Labute approximate surface area is 444 Å². The number of hydrogen-bond acceptors (Lipinski definition) is 8. The van der Waals surface area contributed by atoms with E-state index in [0.717, 1.165) is 44.9 Å². The van der Waals surface area contributed by atoms with Gasteiger partial charge in [0.25, 0.3) is 0 Å². The molecule has 424 valence electrons. The highest BCUT2D eigenvalue weighted by Crippen LogP contribution is 2.23. The molecule has 1 aliphatic rings. The summed E-state index contributed by atoms with van der Waals surface area (Å²) in [5.41, 5.74) is 0. The summed E-state index contributed by atoms with van der Waals surface area (Å²) in [6.07, 6.45) is 62.9. The topological polar surface area (TPSA) is 149 Å². The van der Waals surface area contributed by atoms with Gasteiger partial charge in [0.05, 0.1) is 25.4 Å². The number of nitrogens with one attached hydrogen (secondary N) is 1. The third-order valence-electron chi connectivity index (χ3n) is 15.0. The van der Waals surface area contributed by atoms with E-state index in [2.05, 4.69) is 43.5 Å². The van der Waals surface area contributed by atoms with Crippen LogP contribution < -0.4 is 5.32 Å². The second-order valence-electron chi connectivity index (χ2n) is 21.9. The van der Waals surface area contributed by atoms with Crippen LogP contribution in [0.4, 0.5) is 0 Å². The van der Waals surface area contributed by atoms with Crippen LogP contribution in [0.5, 0.6) is 0 Å². The van der Waals surface area contributed by atoms with Crippen LogP contribution in [0.1, 0.15) is 303 Å². The van der Waals surface area contributed by atoms with Crippen LogP contribution >= 0.6 is 0 Å². The first-order valence-corrected chi connectivity index (χ1v) is 31.2. The second-order valence-corrected chi connectivity index (χ2v) is 21.9. The van der Waals surface area contributed by atoms with Crippen LogP contribution in [0.25, 0.3) is 0 Å². The predicted octanol–water partition coefficient (Wildman–Crippen LogP) is 15.9. The zero-order chi connectivity index (χ0) is 52.2. The minimum Gasteiger partial charge on any atom is -0.394 e. The maximum absolute atomic E-state index is 13.0. The number of carbonyl (C=O) groups excluding carboxylic acids is 1. The Morgan fingerprint density at radius 2 is 0.819 bits per heavy atom. The van der Waals surface area contributed by atoms with Crippen molar-refractivity contribution >= 4 is 5.91 Å². The molecule has 1 fully saturated rings. The zero-order valence-corrected chi connectivity index (χ0v) is 47.2. The van der Waals surface area contributed by atoms with E-state index in [1.807, 2.05) is 6.08 Å². The molecule has 0 aromatic heterocycles. The Bertz CT molecular complexity index is 1230. The molecular formula is C63H119NO8. The van der Waals surface area contributed by atoms with Gasteiger partial charge in [0, 0.05) is 6.42 Å². The average Bonchev–Trinajstić information content (AvgIpc) is 3.38. The Balaban J connectivity index is 1.94. The third-order valence-corrected chi connectivity index (χ3v) is 15.0. The smallest absolute Gasteiger partial charge is 0.220 e. The van der Waals surface area contributed by atoms with Crippen LogP contribution in [0.15, 0.2) is 36.5 Å². The SMILES string of the molecule is CCCCCCC/C=C\C/C=C\CCCCCCCCCCCCCCCCCCCCCCCCCCCCCCCC(=O)NC(COC1OC(CO)C(O)C(O)C1O)C(O)/C=C/CCCCCCCC. The molecule has 7 unspecified atom stereocenters. The van der Waals surface area contributed by atoms with Gasteiger partial charge in [-0.1, -0.05) is 281 Å². The number of unbranched alkanes of at least 4 members (excludes halogenated alkanes) is 40. The van der Waals surface area contributed by atoms with Crippen molar-refractivity contribution in [1.82, 2.24) is 5.32 Å². The first kappa shape index (κ1) is 68.4. The lowest BCUT2D eigenvalue weighted by atomic mass is 9.99. The number of hydrogen-bond donors (Lipinski definition) is 6. The van der Waals surface area contributed by atoms with Crippen molar-refractivity contribution in [2.45, 2.75) is 346 Å². The Morgan fingerprint density at radius 3 is 1.19 bits per heavy atom. The fourth-order valence-corrected chi connectivity index (χ4v) is 10.0. The normalized spacial score (nSPS) is 19.3. The van der Waals surface area contributed by atoms with Gasteiger partial charge in [-0.3, -0.25) is 4.79 Å². The molecule has 72 heavy (non-hydrogen) atoms. The summed E-state index contributed by atoms with van der Waals surface area (Å²) in [5, 5.41) is 54.2. The largest absolute Gasteiger partial charge is 0.394 e. The number of carbonyl (C=O) groups is 1. The number of ether oxygens (including phenoxy) is 2. The standard InChI is InChI=1S/C63H119NO8/c1-3-5-7-9-11-13-14-15-16-17-18-19-20-21-22-23-24-25-26-27-28-29-30-31-32-33-34-35-36-37-38-39-40-41-42-43-44-45-47-49-51-53-59(67)64-56(57(66)52-50-48-46-12-10-8-6-4-2)55-71-63-62(70)61(69)60(68)58(54-65)72-63/h14-15,17-18,50,52,56-58,60-63,65-66,68-70H,3-13,16,19-49,51,53-55H2,1-2H3,(H,64,67)/b15-14-,18-17-,52-50+. The summed E-state index contributed by atoms with van der Waals surface area (Å²) < 4.78 is 11.2. The summed E-state index contributed by atoms with van der Waals surface area (Å²) in [6, 6.07) is -0.799. The summed E-state index contributed by atoms with van der Waals surface area (Å²) in [6.45, 7) is 3.74. The lowest BCUT2D eigenvalue weighted by Gasteiger charge is -2.40. The van der Waals surface area contributed by atoms with E-state index in [4.69, 9.17) is 9.47 Å². The molecule has 0 radical (unpaired) electrons. The van der Waals surface area contributed by atoms with Crippen LogP contribution in [-0.2, 0) is 14.3 Å². The molecule has 0 spiro atoms. The van der Waals surface area contributed by atoms with E-state index < -0.39 is 49.5 Å². The van der Waals surface area contributed by atoms with Gasteiger partial charge in [-0.05, 0) is 51.4 Å². The van der Waals surface area contributed by atoms with Crippen LogP contribution in [0.2, 0.25) is 0 Å². The van der Waals surface area contributed by atoms with E-state index >= 15 is 0 Å². The molecule has 0 aliphatic carbocycles. The Kier molecular flexibility index (Phi) is 50.2. The van der Waals surface area contributed by atoms with E-state index in [0.29, 0.717) is 6.42 Å². The third kappa shape index (κ3) is 41.6.